The minimum atomic E-state index is -0.942. The largest absolute Gasteiger partial charge is 0.490 e. The molecule has 2 aliphatic rings. The van der Waals surface area contributed by atoms with Crippen LogP contribution in [0.5, 0.6) is 5.75 Å². The van der Waals surface area contributed by atoms with Crippen molar-refractivity contribution in [2.75, 3.05) is 5.32 Å². The van der Waals surface area contributed by atoms with Crippen molar-refractivity contribution in [1.82, 2.24) is 0 Å². The fourth-order valence-corrected chi connectivity index (χ4v) is 3.44. The Hall–Kier alpha value is -0.930. The summed E-state index contributed by atoms with van der Waals surface area (Å²) >= 11 is 12.0. The Morgan fingerprint density at radius 2 is 1.81 bits per heavy atom. The molecular weight excluding hydrogens is 309 g/mol. The lowest BCUT2D eigenvalue weighted by Gasteiger charge is -2.15. The summed E-state index contributed by atoms with van der Waals surface area (Å²) in [5.74, 6) is 0.707. The Morgan fingerprint density at radius 3 is 2.33 bits per heavy atom. The van der Waals surface area contributed by atoms with Crippen LogP contribution in [0.4, 0.5) is 5.69 Å². The topological polar surface area (TPSA) is 38.3 Å². The van der Waals surface area contributed by atoms with Crippen LogP contribution in [-0.2, 0) is 4.79 Å². The van der Waals surface area contributed by atoms with Gasteiger partial charge in [-0.05, 0) is 63.3 Å². The van der Waals surface area contributed by atoms with Crippen molar-refractivity contribution in [2.45, 2.75) is 49.5 Å². The molecule has 0 heterocycles. The van der Waals surface area contributed by atoms with Gasteiger partial charge in [-0.25, -0.2) is 0 Å². The van der Waals surface area contributed by atoms with E-state index in [4.69, 9.17) is 27.9 Å². The standard InChI is InChI=1S/C16H19Cl2NO2/c1-15(10-16(15,17)18)14(20)19-11-6-8-13(9-7-11)21-12-4-2-3-5-12/h6-9,12H,2-5,10H2,1H3,(H,19,20)/t15-/m1/s1. The number of hydrogen-bond acceptors (Lipinski definition) is 2. The van der Waals surface area contributed by atoms with Gasteiger partial charge in [0.1, 0.15) is 10.1 Å². The number of halogens is 2. The fourth-order valence-electron chi connectivity index (χ4n) is 2.73. The lowest BCUT2D eigenvalue weighted by atomic mass is 10.1. The number of benzene rings is 1. The molecule has 1 aromatic carbocycles. The first-order valence-electron chi connectivity index (χ1n) is 7.37. The summed E-state index contributed by atoms with van der Waals surface area (Å²) in [5.41, 5.74) is 0.0332. The maximum absolute atomic E-state index is 12.2. The first-order chi connectivity index (χ1) is 9.91. The molecule has 0 saturated heterocycles. The predicted octanol–water partition coefficient (Wildman–Crippen LogP) is 4.53. The highest BCUT2D eigenvalue weighted by atomic mass is 35.5. The van der Waals surface area contributed by atoms with Crippen LogP contribution in [0, 0.1) is 5.41 Å². The Kier molecular flexibility index (Phi) is 3.83. The molecule has 0 unspecified atom stereocenters. The van der Waals surface area contributed by atoms with E-state index >= 15 is 0 Å². The van der Waals surface area contributed by atoms with E-state index in [1.807, 2.05) is 24.3 Å². The molecule has 3 nitrogen and oxygen atoms in total. The zero-order chi connectivity index (χ0) is 15.1. The van der Waals surface area contributed by atoms with Gasteiger partial charge in [0.2, 0.25) is 5.91 Å². The third-order valence-corrected chi connectivity index (χ3v) is 5.58. The summed E-state index contributed by atoms with van der Waals surface area (Å²) in [6, 6.07) is 7.46. The number of amides is 1. The molecule has 1 atom stereocenters. The van der Waals surface area contributed by atoms with E-state index in [1.54, 1.807) is 6.92 Å². The van der Waals surface area contributed by atoms with E-state index in [0.717, 1.165) is 24.3 Å². The molecule has 5 heteroatoms. The van der Waals surface area contributed by atoms with Crippen LogP contribution in [0.1, 0.15) is 39.0 Å². The van der Waals surface area contributed by atoms with E-state index in [0.29, 0.717) is 12.5 Å². The molecule has 1 N–H and O–H groups in total. The average molecular weight is 328 g/mol. The Morgan fingerprint density at radius 1 is 1.24 bits per heavy atom. The molecule has 1 amide bonds. The molecule has 2 aliphatic carbocycles. The van der Waals surface area contributed by atoms with Crippen molar-refractivity contribution in [3.05, 3.63) is 24.3 Å². The van der Waals surface area contributed by atoms with E-state index in [-0.39, 0.29) is 5.91 Å². The van der Waals surface area contributed by atoms with E-state index in [2.05, 4.69) is 5.32 Å². The van der Waals surface area contributed by atoms with Gasteiger partial charge in [-0.2, -0.15) is 0 Å². The van der Waals surface area contributed by atoms with Crippen molar-refractivity contribution >= 4 is 34.8 Å². The number of hydrogen-bond donors (Lipinski definition) is 1. The quantitative estimate of drug-likeness (QED) is 0.825. The van der Waals surface area contributed by atoms with Crippen molar-refractivity contribution in [2.24, 2.45) is 5.41 Å². The zero-order valence-corrected chi connectivity index (χ0v) is 13.5. The zero-order valence-electron chi connectivity index (χ0n) is 12.0. The van der Waals surface area contributed by atoms with Crippen LogP contribution >= 0.6 is 23.2 Å². The third kappa shape index (κ3) is 3.00. The summed E-state index contributed by atoms with van der Waals surface area (Å²) in [5, 5.41) is 2.86. The molecule has 0 aromatic heterocycles. The monoisotopic (exact) mass is 327 g/mol. The van der Waals surface area contributed by atoms with E-state index in [1.165, 1.54) is 12.8 Å². The van der Waals surface area contributed by atoms with Crippen LogP contribution in [0.2, 0.25) is 0 Å². The number of rotatable bonds is 4. The molecule has 0 aliphatic heterocycles. The van der Waals surface area contributed by atoms with Crippen LogP contribution in [0.25, 0.3) is 0 Å². The minimum absolute atomic E-state index is 0.142. The number of carbonyl (C=O) groups excluding carboxylic acids is 1. The first kappa shape index (κ1) is 15.0. The molecule has 2 fully saturated rings. The average Bonchev–Trinajstić information content (AvgIpc) is 2.81. The van der Waals surface area contributed by atoms with Gasteiger partial charge in [0.15, 0.2) is 0 Å². The van der Waals surface area contributed by atoms with Gasteiger partial charge in [0.05, 0.1) is 11.5 Å². The third-order valence-electron chi connectivity index (χ3n) is 4.48. The van der Waals surface area contributed by atoms with Gasteiger partial charge in [-0.1, -0.05) is 0 Å². The van der Waals surface area contributed by atoms with Gasteiger partial charge in [0.25, 0.3) is 0 Å². The van der Waals surface area contributed by atoms with Crippen molar-refractivity contribution in [1.29, 1.82) is 0 Å². The summed E-state index contributed by atoms with van der Waals surface area (Å²) in [6.45, 7) is 1.78. The summed E-state index contributed by atoms with van der Waals surface area (Å²) in [6.07, 6.45) is 5.57. The molecule has 1 aromatic rings. The molecule has 21 heavy (non-hydrogen) atoms. The number of carbonyl (C=O) groups is 1. The molecule has 0 radical (unpaired) electrons. The highest BCUT2D eigenvalue weighted by Crippen LogP contribution is 2.64. The second-order valence-corrected chi connectivity index (χ2v) is 7.70. The van der Waals surface area contributed by atoms with Gasteiger partial charge >= 0.3 is 0 Å². The highest BCUT2D eigenvalue weighted by molar-refractivity contribution is 6.53. The SMILES string of the molecule is C[C@]1(C(=O)Nc2ccc(OC3CCCC3)cc2)CC1(Cl)Cl. The van der Waals surface area contributed by atoms with Gasteiger partial charge in [-0.3, -0.25) is 4.79 Å². The molecule has 0 spiro atoms. The fraction of sp³-hybridized carbons (Fsp3) is 0.562. The number of anilines is 1. The van der Waals surface area contributed by atoms with Crippen molar-refractivity contribution in [3.63, 3.8) is 0 Å². The Bertz CT molecular complexity index is 538. The van der Waals surface area contributed by atoms with Crippen LogP contribution in [-0.4, -0.2) is 16.3 Å². The summed E-state index contributed by atoms with van der Waals surface area (Å²) < 4.78 is 4.95. The van der Waals surface area contributed by atoms with Crippen LogP contribution in [0.3, 0.4) is 0 Å². The summed E-state index contributed by atoms with van der Waals surface area (Å²) in [7, 11) is 0. The normalized spacial score (nSPS) is 27.4. The second kappa shape index (κ2) is 5.36. The van der Waals surface area contributed by atoms with Gasteiger partial charge in [-0.15, -0.1) is 23.2 Å². The van der Waals surface area contributed by atoms with E-state index in [9.17, 15) is 4.79 Å². The molecule has 2 saturated carbocycles. The maximum atomic E-state index is 12.2. The van der Waals surface area contributed by atoms with E-state index < -0.39 is 9.75 Å². The molecular formula is C16H19Cl2NO2. The summed E-state index contributed by atoms with van der Waals surface area (Å²) in [4.78, 5) is 12.2. The smallest absolute Gasteiger partial charge is 0.233 e. The Balaban J connectivity index is 1.58. The maximum Gasteiger partial charge on any atom is 0.233 e. The Labute approximate surface area is 135 Å². The number of nitrogens with one attached hydrogen (secondary N) is 1. The van der Waals surface area contributed by atoms with Crippen molar-refractivity contribution in [3.8, 4) is 5.75 Å². The number of ether oxygens (including phenoxy) is 1. The number of alkyl halides is 2. The predicted molar refractivity (Wildman–Crippen MR) is 85.1 cm³/mol. The molecule has 0 bridgehead atoms. The highest BCUT2D eigenvalue weighted by Gasteiger charge is 2.67. The van der Waals surface area contributed by atoms with Crippen LogP contribution < -0.4 is 10.1 Å². The van der Waals surface area contributed by atoms with Gasteiger partial charge in [0, 0.05) is 5.69 Å². The lowest BCUT2D eigenvalue weighted by molar-refractivity contribution is -0.120. The van der Waals surface area contributed by atoms with Gasteiger partial charge < -0.3 is 10.1 Å². The van der Waals surface area contributed by atoms with Crippen molar-refractivity contribution < 1.29 is 9.53 Å². The first-order valence-corrected chi connectivity index (χ1v) is 8.12. The second-order valence-electron chi connectivity index (χ2n) is 6.22. The lowest BCUT2D eigenvalue weighted by Crippen LogP contribution is -2.25. The minimum Gasteiger partial charge on any atom is -0.490 e. The molecule has 114 valence electrons. The van der Waals surface area contributed by atoms with Crippen LogP contribution in [0.15, 0.2) is 24.3 Å². The molecule has 3 rings (SSSR count).